The topological polar surface area (TPSA) is 124 Å². The number of methoxy groups -OCH3 is 1. The Kier molecular flexibility index (Phi) is 12.5. The summed E-state index contributed by atoms with van der Waals surface area (Å²) in [7, 11) is -2.01. The van der Waals surface area contributed by atoms with Crippen LogP contribution in [0, 0.1) is 0 Å². The lowest BCUT2D eigenvalue weighted by atomic mass is 10.3. The molecule has 1 heterocycles. The van der Waals surface area contributed by atoms with E-state index in [0.717, 1.165) is 52.4 Å². The molecule has 0 atom stereocenters. The molecule has 1 aliphatic rings. The molecule has 5 N–H and O–H groups in total. The second-order valence-electron chi connectivity index (χ2n) is 7.66. The number of hydrogen-bond acceptors (Lipinski definition) is 8. The van der Waals surface area contributed by atoms with Gasteiger partial charge in [0.15, 0.2) is 0 Å². The first-order chi connectivity index (χ1) is 15.5. The normalized spacial score (nSPS) is 17.2. The monoisotopic (exact) mass is 470 g/mol. The molecular weight excluding hydrogens is 432 g/mol. The van der Waals surface area contributed by atoms with Crippen LogP contribution < -0.4 is 30.7 Å². The molecule has 0 radical (unpaired) electrons. The number of hydrogen-bond donors (Lipinski definition) is 5. The number of nitrogens with one attached hydrogen (secondary N) is 5. The molecule has 0 aromatic heterocycles. The Morgan fingerprint density at radius 3 is 2.09 bits per heavy atom. The fourth-order valence-corrected chi connectivity index (χ4v) is 4.33. The lowest BCUT2D eigenvalue weighted by molar-refractivity contribution is -0.122. The van der Waals surface area contributed by atoms with Crippen molar-refractivity contribution in [1.82, 2.24) is 30.9 Å². The number of rotatable bonds is 10. The highest BCUT2D eigenvalue weighted by Crippen LogP contribution is 2.15. The van der Waals surface area contributed by atoms with E-state index >= 15 is 0 Å². The number of sulfonamides is 1. The fraction of sp³-hybridized carbons (Fsp3) is 0.667. The lowest BCUT2D eigenvalue weighted by Crippen LogP contribution is -2.45. The van der Waals surface area contributed by atoms with E-state index in [0.29, 0.717) is 38.2 Å². The van der Waals surface area contributed by atoms with Crippen LogP contribution in [0.25, 0.3) is 0 Å². The summed E-state index contributed by atoms with van der Waals surface area (Å²) in [5.41, 5.74) is 0. The summed E-state index contributed by atoms with van der Waals surface area (Å²) in [4.78, 5) is 14.6. The van der Waals surface area contributed by atoms with Gasteiger partial charge in [-0.3, -0.25) is 9.69 Å². The molecule has 1 fully saturated rings. The predicted octanol–water partition coefficient (Wildman–Crippen LogP) is -1.05. The van der Waals surface area contributed by atoms with E-state index in [1.54, 1.807) is 12.1 Å². The number of nitrogens with zero attached hydrogens (tertiary/aromatic N) is 1. The number of benzene rings is 1. The zero-order chi connectivity index (χ0) is 23.1. The van der Waals surface area contributed by atoms with Gasteiger partial charge in [-0.2, -0.15) is 0 Å². The van der Waals surface area contributed by atoms with Crippen LogP contribution in [0.15, 0.2) is 29.2 Å². The highest BCUT2D eigenvalue weighted by Gasteiger charge is 2.13. The van der Waals surface area contributed by atoms with Gasteiger partial charge in [-0.25, -0.2) is 13.1 Å². The molecule has 0 saturated carbocycles. The molecular formula is C21H38N6O4S. The van der Waals surface area contributed by atoms with E-state index < -0.39 is 10.0 Å². The average molecular weight is 471 g/mol. The number of carbonyl (C=O) groups excluding carboxylic acids is 1. The zero-order valence-corrected chi connectivity index (χ0v) is 19.8. The number of carbonyl (C=O) groups is 1. The first-order valence-electron chi connectivity index (χ1n) is 11.3. The highest BCUT2D eigenvalue weighted by atomic mass is 32.2. The van der Waals surface area contributed by atoms with Gasteiger partial charge in [0, 0.05) is 65.4 Å². The molecule has 10 nitrogen and oxygen atoms in total. The van der Waals surface area contributed by atoms with Crippen molar-refractivity contribution in [2.75, 3.05) is 79.1 Å². The van der Waals surface area contributed by atoms with Gasteiger partial charge < -0.3 is 26.0 Å². The van der Waals surface area contributed by atoms with E-state index in [-0.39, 0.29) is 10.8 Å². The minimum absolute atomic E-state index is 0.00225. The van der Waals surface area contributed by atoms with Gasteiger partial charge in [-0.05, 0) is 37.1 Å². The van der Waals surface area contributed by atoms with E-state index in [2.05, 4.69) is 30.9 Å². The van der Waals surface area contributed by atoms with Crippen molar-refractivity contribution in [2.45, 2.75) is 17.7 Å². The molecule has 0 bridgehead atoms. The van der Waals surface area contributed by atoms with Crippen molar-refractivity contribution in [3.05, 3.63) is 24.3 Å². The minimum Gasteiger partial charge on any atom is -0.497 e. The third kappa shape index (κ3) is 10.7. The van der Waals surface area contributed by atoms with Crippen molar-refractivity contribution in [2.24, 2.45) is 0 Å². The Balaban J connectivity index is 1.61. The van der Waals surface area contributed by atoms with E-state index in [1.165, 1.54) is 19.2 Å². The standard InChI is InChI=1S/C21H38N6O4S/c1-31-19-4-6-20(7-5-19)32(29,30)26-9-3-2-8-25-21(28)18-27-16-14-23-12-10-22-11-13-24-15-17-27/h4-7,22-24,26H,2-3,8-18H2,1H3,(H,25,28). The molecule has 1 aliphatic heterocycles. The summed E-state index contributed by atoms with van der Waals surface area (Å²) in [6.07, 6.45) is 1.34. The second-order valence-corrected chi connectivity index (χ2v) is 9.42. The molecule has 1 aromatic rings. The summed E-state index contributed by atoms with van der Waals surface area (Å²) in [6.45, 7) is 8.28. The van der Waals surface area contributed by atoms with Crippen molar-refractivity contribution in [3.63, 3.8) is 0 Å². The van der Waals surface area contributed by atoms with Crippen LogP contribution in [-0.4, -0.2) is 98.3 Å². The quantitative estimate of drug-likeness (QED) is 0.275. The molecule has 0 unspecified atom stereocenters. The fourth-order valence-electron chi connectivity index (χ4n) is 3.25. The van der Waals surface area contributed by atoms with Crippen LogP contribution in [0.3, 0.4) is 0 Å². The maximum Gasteiger partial charge on any atom is 0.240 e. The van der Waals surface area contributed by atoms with Gasteiger partial charge in [-0.1, -0.05) is 0 Å². The molecule has 1 saturated heterocycles. The Hall–Kier alpha value is -1.76. The summed E-state index contributed by atoms with van der Waals surface area (Å²) in [5, 5.41) is 13.1. The Labute approximate surface area is 191 Å². The first kappa shape index (κ1) is 26.5. The molecule has 2 rings (SSSR count). The zero-order valence-electron chi connectivity index (χ0n) is 19.0. The average Bonchev–Trinajstić information content (AvgIpc) is 2.78. The Bertz CT molecular complexity index is 748. The molecule has 182 valence electrons. The Morgan fingerprint density at radius 1 is 0.938 bits per heavy atom. The van der Waals surface area contributed by atoms with Gasteiger partial charge >= 0.3 is 0 Å². The Morgan fingerprint density at radius 2 is 1.50 bits per heavy atom. The van der Waals surface area contributed by atoms with Crippen molar-refractivity contribution in [3.8, 4) is 5.75 Å². The van der Waals surface area contributed by atoms with Gasteiger partial charge in [0.05, 0.1) is 18.6 Å². The summed E-state index contributed by atoms with van der Waals surface area (Å²) >= 11 is 0. The van der Waals surface area contributed by atoms with Crippen LogP contribution in [-0.2, 0) is 14.8 Å². The van der Waals surface area contributed by atoms with Crippen molar-refractivity contribution < 1.29 is 17.9 Å². The summed E-state index contributed by atoms with van der Waals surface area (Å²) in [6, 6.07) is 6.26. The highest BCUT2D eigenvalue weighted by molar-refractivity contribution is 7.89. The summed E-state index contributed by atoms with van der Waals surface area (Å²) in [5.74, 6) is 0.606. The largest absolute Gasteiger partial charge is 0.497 e. The number of unbranched alkanes of at least 4 members (excludes halogenated alkanes) is 1. The number of ether oxygens (including phenoxy) is 1. The smallest absolute Gasteiger partial charge is 0.240 e. The summed E-state index contributed by atoms with van der Waals surface area (Å²) < 4.78 is 32.2. The van der Waals surface area contributed by atoms with Crippen LogP contribution in [0.5, 0.6) is 5.75 Å². The molecule has 1 aromatic carbocycles. The van der Waals surface area contributed by atoms with E-state index in [9.17, 15) is 13.2 Å². The van der Waals surface area contributed by atoms with Gasteiger partial charge in [0.25, 0.3) is 0 Å². The molecule has 32 heavy (non-hydrogen) atoms. The molecule has 0 aliphatic carbocycles. The van der Waals surface area contributed by atoms with E-state index in [1.807, 2.05) is 0 Å². The maximum atomic E-state index is 12.3. The number of amides is 1. The van der Waals surface area contributed by atoms with Gasteiger partial charge in [0.2, 0.25) is 15.9 Å². The van der Waals surface area contributed by atoms with Crippen molar-refractivity contribution >= 4 is 15.9 Å². The van der Waals surface area contributed by atoms with Gasteiger partial charge in [0.1, 0.15) is 5.75 Å². The van der Waals surface area contributed by atoms with Gasteiger partial charge in [-0.15, -0.1) is 0 Å². The predicted molar refractivity (Wildman–Crippen MR) is 125 cm³/mol. The van der Waals surface area contributed by atoms with Crippen LogP contribution in [0.2, 0.25) is 0 Å². The van der Waals surface area contributed by atoms with Crippen LogP contribution in [0.1, 0.15) is 12.8 Å². The van der Waals surface area contributed by atoms with Crippen LogP contribution in [0.4, 0.5) is 0 Å². The maximum absolute atomic E-state index is 12.3. The molecule has 0 spiro atoms. The third-order valence-electron chi connectivity index (χ3n) is 5.12. The van der Waals surface area contributed by atoms with Crippen LogP contribution >= 0.6 is 0 Å². The molecule has 11 heteroatoms. The minimum atomic E-state index is -3.54. The van der Waals surface area contributed by atoms with E-state index in [4.69, 9.17) is 4.74 Å². The third-order valence-corrected chi connectivity index (χ3v) is 6.60. The second kappa shape index (κ2) is 15.1. The lowest BCUT2D eigenvalue weighted by Gasteiger charge is -2.23. The SMILES string of the molecule is COc1ccc(S(=O)(=O)NCCCCNC(=O)CN2CCNCCNCCNCC2)cc1. The first-order valence-corrected chi connectivity index (χ1v) is 12.7. The van der Waals surface area contributed by atoms with Crippen molar-refractivity contribution in [1.29, 1.82) is 0 Å². The molecule has 1 amide bonds.